The lowest BCUT2D eigenvalue weighted by molar-refractivity contribution is -0.629. The SMILES string of the molecule is CCCCc1nc(Cl)c(C(O)c2cccc(Br)[n+]2[O-])n1Cc1ccc(-c2ccccc2-c2nn[nH]n2)cc1. The van der Waals surface area contributed by atoms with Crippen LogP contribution in [-0.4, -0.2) is 35.3 Å². The number of hydrogen-bond acceptors (Lipinski definition) is 6. The summed E-state index contributed by atoms with van der Waals surface area (Å²) in [5.74, 6) is 1.30. The number of aryl methyl sites for hydroxylation is 1. The van der Waals surface area contributed by atoms with Gasteiger partial charge in [0.15, 0.2) is 11.3 Å². The highest BCUT2D eigenvalue weighted by Gasteiger charge is 2.29. The molecule has 9 nitrogen and oxygen atoms in total. The molecule has 5 rings (SSSR count). The van der Waals surface area contributed by atoms with E-state index >= 15 is 0 Å². The van der Waals surface area contributed by atoms with E-state index in [9.17, 15) is 10.3 Å². The average Bonchev–Trinajstić information content (AvgIpc) is 3.57. The third-order valence-electron chi connectivity index (χ3n) is 6.38. The van der Waals surface area contributed by atoms with Crippen LogP contribution in [0.1, 0.15) is 48.6 Å². The fraction of sp³-hybridized carbons (Fsp3) is 0.222. The second-order valence-corrected chi connectivity index (χ2v) is 10.0. The van der Waals surface area contributed by atoms with Crippen LogP contribution in [0.25, 0.3) is 22.5 Å². The Balaban J connectivity index is 1.50. The van der Waals surface area contributed by atoms with Crippen molar-refractivity contribution >= 4 is 27.5 Å². The van der Waals surface area contributed by atoms with Gasteiger partial charge in [0.1, 0.15) is 5.82 Å². The number of halogens is 2. The minimum absolute atomic E-state index is 0.165. The van der Waals surface area contributed by atoms with Gasteiger partial charge in [0.2, 0.25) is 11.5 Å². The highest BCUT2D eigenvalue weighted by atomic mass is 79.9. The first kappa shape index (κ1) is 26.0. The Hall–Kier alpha value is -3.60. The Morgan fingerprint density at radius 1 is 1.08 bits per heavy atom. The number of aromatic nitrogens is 7. The molecule has 38 heavy (non-hydrogen) atoms. The van der Waals surface area contributed by atoms with Gasteiger partial charge in [-0.3, -0.25) is 0 Å². The van der Waals surface area contributed by atoms with Gasteiger partial charge in [-0.05, 0) is 34.4 Å². The number of benzene rings is 2. The van der Waals surface area contributed by atoms with Gasteiger partial charge in [-0.1, -0.05) is 73.5 Å². The van der Waals surface area contributed by atoms with Crippen LogP contribution in [0.15, 0.2) is 71.3 Å². The normalized spacial score (nSPS) is 12.1. The van der Waals surface area contributed by atoms with Crippen molar-refractivity contribution in [1.29, 1.82) is 0 Å². The van der Waals surface area contributed by atoms with Crippen molar-refractivity contribution in [2.45, 2.75) is 38.8 Å². The summed E-state index contributed by atoms with van der Waals surface area (Å²) in [6.45, 7) is 2.54. The summed E-state index contributed by atoms with van der Waals surface area (Å²) in [7, 11) is 0. The third kappa shape index (κ3) is 5.20. The smallest absolute Gasteiger partial charge is 0.259 e. The molecule has 0 saturated carbocycles. The Bertz CT molecular complexity index is 1540. The number of aromatic amines is 1. The van der Waals surface area contributed by atoms with Crippen LogP contribution in [0.5, 0.6) is 0 Å². The summed E-state index contributed by atoms with van der Waals surface area (Å²) in [6, 6.07) is 20.9. The topological polar surface area (TPSA) is 119 Å². The predicted molar refractivity (Wildman–Crippen MR) is 147 cm³/mol. The van der Waals surface area contributed by atoms with Crippen molar-refractivity contribution < 1.29 is 9.84 Å². The van der Waals surface area contributed by atoms with E-state index in [1.165, 1.54) is 0 Å². The molecule has 0 bridgehead atoms. The van der Waals surface area contributed by atoms with E-state index < -0.39 is 6.10 Å². The van der Waals surface area contributed by atoms with Crippen LogP contribution >= 0.6 is 27.5 Å². The molecule has 5 aromatic rings. The molecule has 1 unspecified atom stereocenters. The number of nitrogens with zero attached hydrogens (tertiary/aromatic N) is 6. The largest absolute Gasteiger partial charge is 0.618 e. The monoisotopic (exact) mass is 593 g/mol. The first-order valence-electron chi connectivity index (χ1n) is 12.2. The molecule has 1 atom stereocenters. The molecule has 2 N–H and O–H groups in total. The molecule has 0 radical (unpaired) electrons. The second-order valence-electron chi connectivity index (χ2n) is 8.84. The van der Waals surface area contributed by atoms with Gasteiger partial charge in [-0.25, -0.2) is 4.98 Å². The Labute approximate surface area is 232 Å². The minimum atomic E-state index is -1.25. The van der Waals surface area contributed by atoms with Crippen molar-refractivity contribution in [3.63, 3.8) is 0 Å². The Morgan fingerprint density at radius 3 is 2.55 bits per heavy atom. The number of aliphatic hydroxyl groups is 1. The van der Waals surface area contributed by atoms with Crippen LogP contribution < -0.4 is 4.73 Å². The summed E-state index contributed by atoms with van der Waals surface area (Å²) >= 11 is 9.80. The molecule has 0 spiro atoms. The number of imidazole rings is 1. The van der Waals surface area contributed by atoms with E-state index in [1.807, 2.05) is 53.1 Å². The van der Waals surface area contributed by atoms with Crippen molar-refractivity contribution in [2.75, 3.05) is 0 Å². The van der Waals surface area contributed by atoms with Gasteiger partial charge in [-0.2, -0.15) is 9.94 Å². The molecule has 3 aromatic heterocycles. The lowest BCUT2D eigenvalue weighted by atomic mass is 9.98. The van der Waals surface area contributed by atoms with Crippen molar-refractivity contribution in [2.24, 2.45) is 0 Å². The fourth-order valence-electron chi connectivity index (χ4n) is 4.45. The van der Waals surface area contributed by atoms with Gasteiger partial charge in [0.25, 0.3) is 4.60 Å². The molecule has 194 valence electrons. The average molecular weight is 595 g/mol. The number of H-pyrrole nitrogens is 1. The molecule has 3 heterocycles. The highest BCUT2D eigenvalue weighted by molar-refractivity contribution is 9.10. The first-order chi connectivity index (χ1) is 18.5. The van der Waals surface area contributed by atoms with Gasteiger partial charge in [-0.15, -0.1) is 10.2 Å². The van der Waals surface area contributed by atoms with E-state index in [2.05, 4.69) is 48.5 Å². The lowest BCUT2D eigenvalue weighted by Crippen LogP contribution is -2.35. The van der Waals surface area contributed by atoms with Gasteiger partial charge in [0, 0.05) is 46.6 Å². The zero-order chi connectivity index (χ0) is 26.6. The van der Waals surface area contributed by atoms with Crippen LogP contribution in [0, 0.1) is 5.21 Å². The van der Waals surface area contributed by atoms with Crippen molar-refractivity contribution in [3.8, 4) is 22.5 Å². The number of rotatable bonds is 9. The van der Waals surface area contributed by atoms with Crippen LogP contribution in [-0.2, 0) is 13.0 Å². The summed E-state index contributed by atoms with van der Waals surface area (Å²) in [5.41, 5.74) is 4.43. The molecule has 11 heteroatoms. The molecule has 0 saturated heterocycles. The molecule has 2 aromatic carbocycles. The fourth-order valence-corrected chi connectivity index (χ4v) is 5.11. The summed E-state index contributed by atoms with van der Waals surface area (Å²) < 4.78 is 2.88. The quantitative estimate of drug-likeness (QED) is 0.137. The Morgan fingerprint density at radius 2 is 1.84 bits per heavy atom. The van der Waals surface area contributed by atoms with E-state index in [1.54, 1.807) is 18.2 Å². The maximum atomic E-state index is 12.7. The maximum absolute atomic E-state index is 12.7. The zero-order valence-corrected chi connectivity index (χ0v) is 22.9. The highest BCUT2D eigenvalue weighted by Crippen LogP contribution is 2.32. The summed E-state index contributed by atoms with van der Waals surface area (Å²) in [4.78, 5) is 4.57. The molecule has 0 amide bonds. The molecule has 0 fully saturated rings. The number of unbranched alkanes of at least 4 members (excludes halogenated alkanes) is 1. The van der Waals surface area contributed by atoms with Crippen LogP contribution in [0.3, 0.4) is 0 Å². The predicted octanol–water partition coefficient (Wildman–Crippen LogP) is 5.25. The molecule has 0 aliphatic rings. The van der Waals surface area contributed by atoms with Gasteiger partial charge >= 0.3 is 0 Å². The van der Waals surface area contributed by atoms with Crippen molar-refractivity contribution in [1.82, 2.24) is 30.2 Å². The third-order valence-corrected chi connectivity index (χ3v) is 7.25. The number of tetrazole rings is 1. The summed E-state index contributed by atoms with van der Waals surface area (Å²) in [5, 5.41) is 38.6. The number of pyridine rings is 1. The van der Waals surface area contributed by atoms with Crippen LogP contribution in [0.4, 0.5) is 0 Å². The number of hydrogen-bond donors (Lipinski definition) is 2. The minimum Gasteiger partial charge on any atom is -0.618 e. The summed E-state index contributed by atoms with van der Waals surface area (Å²) in [6.07, 6.45) is 1.37. The first-order valence-corrected chi connectivity index (χ1v) is 13.4. The molecular weight excluding hydrogens is 570 g/mol. The van der Waals surface area contributed by atoms with E-state index in [0.717, 1.165) is 40.9 Å². The lowest BCUT2D eigenvalue weighted by Gasteiger charge is -2.17. The molecular formula is C27H25BrClN7O2. The molecule has 0 aliphatic heterocycles. The van der Waals surface area contributed by atoms with E-state index in [0.29, 0.717) is 33.8 Å². The van der Waals surface area contributed by atoms with Crippen LogP contribution in [0.2, 0.25) is 5.15 Å². The number of nitrogens with one attached hydrogen (secondary N) is 1. The molecule has 0 aliphatic carbocycles. The van der Waals surface area contributed by atoms with Crippen molar-refractivity contribution in [3.05, 3.63) is 104 Å². The number of aliphatic hydroxyl groups excluding tert-OH is 1. The maximum Gasteiger partial charge on any atom is 0.259 e. The van der Waals surface area contributed by atoms with Gasteiger partial charge in [0.05, 0.1) is 5.69 Å². The van der Waals surface area contributed by atoms with E-state index in [4.69, 9.17) is 11.6 Å². The Kier molecular flexibility index (Phi) is 7.82. The van der Waals surface area contributed by atoms with Gasteiger partial charge < -0.3 is 14.9 Å². The second kappa shape index (κ2) is 11.4. The standard InChI is InChI=1S/C27H25BrClN7O2/c1-2-3-11-23-30-26(29)24(25(37)21-9-6-10-22(28)36(21)38)35(23)16-17-12-14-18(15-13-17)19-7-4-5-8-20(19)27-31-33-34-32-27/h4-10,12-15,25,37H,2-3,11,16H2,1H3,(H,31,32,33,34). The zero-order valence-electron chi connectivity index (χ0n) is 20.6. The van der Waals surface area contributed by atoms with E-state index in [-0.39, 0.29) is 10.8 Å².